The summed E-state index contributed by atoms with van der Waals surface area (Å²) in [5.41, 5.74) is 7.70. The lowest BCUT2D eigenvalue weighted by Gasteiger charge is -2.27. The van der Waals surface area contributed by atoms with Crippen molar-refractivity contribution in [1.82, 2.24) is 15.1 Å². The second-order valence-electron chi connectivity index (χ2n) is 9.26. The highest BCUT2D eigenvalue weighted by Crippen LogP contribution is 2.30. The number of anilines is 1. The topological polar surface area (TPSA) is 111 Å². The normalized spacial score (nSPS) is 14.1. The fourth-order valence-electron chi connectivity index (χ4n) is 4.34. The third kappa shape index (κ3) is 6.82. The van der Waals surface area contributed by atoms with Crippen LogP contribution in [-0.4, -0.2) is 47.2 Å². The maximum atomic E-state index is 13.6. The van der Waals surface area contributed by atoms with Gasteiger partial charge in [-0.25, -0.2) is 0 Å². The molecule has 2 amide bonds. The summed E-state index contributed by atoms with van der Waals surface area (Å²) in [5.74, 6) is -4.42. The van der Waals surface area contributed by atoms with Gasteiger partial charge in [-0.1, -0.05) is 19.1 Å². The van der Waals surface area contributed by atoms with Gasteiger partial charge >= 0.3 is 5.92 Å². The maximum Gasteiger partial charge on any atom is 0.321 e. The summed E-state index contributed by atoms with van der Waals surface area (Å²) in [6, 6.07) is 11.3. The van der Waals surface area contributed by atoms with E-state index in [2.05, 4.69) is 15.7 Å². The van der Waals surface area contributed by atoms with Crippen LogP contribution in [0.5, 0.6) is 5.75 Å². The maximum absolute atomic E-state index is 13.6. The highest BCUT2D eigenvalue weighted by Gasteiger charge is 2.35. The summed E-state index contributed by atoms with van der Waals surface area (Å²) in [5, 5.41) is 10.7. The Morgan fingerprint density at radius 3 is 2.49 bits per heavy atom. The van der Waals surface area contributed by atoms with Crippen LogP contribution in [0.1, 0.15) is 51.6 Å². The van der Waals surface area contributed by atoms with E-state index in [4.69, 9.17) is 10.5 Å². The number of halogens is 2. The molecule has 1 heterocycles. The van der Waals surface area contributed by atoms with E-state index in [0.29, 0.717) is 24.9 Å². The van der Waals surface area contributed by atoms with E-state index in [9.17, 15) is 18.4 Å². The first-order chi connectivity index (χ1) is 17.6. The molecule has 0 saturated carbocycles. The molecule has 10 heteroatoms. The monoisotopic (exact) mass is 515 g/mol. The van der Waals surface area contributed by atoms with Crippen LogP contribution in [0.3, 0.4) is 0 Å². The van der Waals surface area contributed by atoms with Gasteiger partial charge in [0.25, 0.3) is 5.91 Å². The number of methoxy groups -OCH3 is 1. The number of nitrogens with one attached hydrogen (secondary N) is 2. The molecule has 0 saturated heterocycles. The molecule has 3 rings (SSSR count). The van der Waals surface area contributed by atoms with E-state index in [1.165, 1.54) is 0 Å². The van der Waals surface area contributed by atoms with Gasteiger partial charge in [-0.3, -0.25) is 14.3 Å². The number of rotatable bonds is 12. The van der Waals surface area contributed by atoms with Gasteiger partial charge in [0, 0.05) is 23.9 Å². The van der Waals surface area contributed by atoms with Crippen molar-refractivity contribution < 1.29 is 23.1 Å². The van der Waals surface area contributed by atoms with Crippen LogP contribution in [-0.2, 0) is 9.59 Å². The lowest BCUT2D eigenvalue weighted by molar-refractivity contribution is -0.143. The molecule has 8 nitrogen and oxygen atoms in total. The zero-order chi connectivity index (χ0) is 27.2. The molecule has 0 fully saturated rings. The van der Waals surface area contributed by atoms with E-state index in [0.717, 1.165) is 35.7 Å². The minimum atomic E-state index is -3.52. The van der Waals surface area contributed by atoms with Crippen molar-refractivity contribution in [3.63, 3.8) is 0 Å². The van der Waals surface area contributed by atoms with Gasteiger partial charge in [0.2, 0.25) is 5.91 Å². The van der Waals surface area contributed by atoms with Crippen molar-refractivity contribution in [1.29, 1.82) is 0 Å². The van der Waals surface area contributed by atoms with Crippen molar-refractivity contribution in [2.75, 3.05) is 19.0 Å². The molecule has 200 valence electrons. The second-order valence-corrected chi connectivity index (χ2v) is 9.26. The number of carbonyl (C=O) groups excluding carboxylic acids is 2. The van der Waals surface area contributed by atoms with Gasteiger partial charge in [-0.15, -0.1) is 0 Å². The number of hydrogen-bond acceptors (Lipinski definition) is 5. The molecule has 2 aromatic carbocycles. The number of ether oxygens (including phenoxy) is 1. The Morgan fingerprint density at radius 1 is 1.19 bits per heavy atom. The second kappa shape index (κ2) is 12.1. The van der Waals surface area contributed by atoms with Crippen LogP contribution in [0.4, 0.5) is 14.5 Å². The number of alkyl halides is 2. The molecule has 1 aromatic heterocycles. The first-order valence-electron chi connectivity index (χ1n) is 12.4. The van der Waals surface area contributed by atoms with Crippen molar-refractivity contribution in [3.8, 4) is 5.75 Å². The average molecular weight is 516 g/mol. The molecule has 0 bridgehead atoms. The van der Waals surface area contributed by atoms with Gasteiger partial charge < -0.3 is 21.1 Å². The summed E-state index contributed by atoms with van der Waals surface area (Å²) < 4.78 is 34.2. The standard InChI is InChI=1S/C27H35F2N5O3/c1-5-18(7-6-14-30)25(35)33-21-10-13-23-20(15-21)16-31-34(23)24(17(2)32-26(36)27(3,28)29)19-8-11-22(37-4)12-9-19/h8-13,15-18,24H,5-7,14,30H2,1-4H3,(H,32,36)(H,33,35)/t17-,18+,24?/m0/s1. The quantitative estimate of drug-likeness (QED) is 0.329. The minimum absolute atomic E-state index is 0.0596. The van der Waals surface area contributed by atoms with Gasteiger partial charge in [0.1, 0.15) is 5.75 Å². The molecular weight excluding hydrogens is 480 g/mol. The number of hydrogen-bond donors (Lipinski definition) is 3. The van der Waals surface area contributed by atoms with E-state index in [1.807, 2.05) is 31.2 Å². The lowest BCUT2D eigenvalue weighted by Crippen LogP contribution is -2.46. The highest BCUT2D eigenvalue weighted by molar-refractivity contribution is 5.95. The smallest absolute Gasteiger partial charge is 0.321 e. The predicted octanol–water partition coefficient (Wildman–Crippen LogP) is 4.50. The Kier molecular flexibility index (Phi) is 9.20. The summed E-state index contributed by atoms with van der Waals surface area (Å²) in [6.07, 6.45) is 3.87. The molecule has 3 aromatic rings. The Morgan fingerprint density at radius 2 is 1.89 bits per heavy atom. The predicted molar refractivity (Wildman–Crippen MR) is 140 cm³/mol. The Hall–Kier alpha value is -3.53. The van der Waals surface area contributed by atoms with Crippen LogP contribution >= 0.6 is 0 Å². The van der Waals surface area contributed by atoms with Crippen molar-refractivity contribution in [2.45, 2.75) is 58.0 Å². The van der Waals surface area contributed by atoms with E-state index >= 15 is 0 Å². The van der Waals surface area contributed by atoms with Crippen LogP contribution < -0.4 is 21.1 Å². The molecule has 0 aliphatic carbocycles. The molecule has 0 spiro atoms. The largest absolute Gasteiger partial charge is 0.497 e. The first kappa shape index (κ1) is 28.0. The molecule has 1 unspecified atom stereocenters. The molecule has 3 atom stereocenters. The van der Waals surface area contributed by atoms with E-state index in [1.54, 1.807) is 43.1 Å². The fraction of sp³-hybridized carbons (Fsp3) is 0.444. The number of fused-ring (bicyclic) bond motifs is 1. The molecule has 4 N–H and O–H groups in total. The first-order valence-corrected chi connectivity index (χ1v) is 12.4. The van der Waals surface area contributed by atoms with Gasteiger partial charge in [-0.05, 0) is 68.6 Å². The zero-order valence-corrected chi connectivity index (χ0v) is 21.6. The van der Waals surface area contributed by atoms with Crippen molar-refractivity contribution >= 4 is 28.4 Å². The Labute approximate surface area is 215 Å². The summed E-state index contributed by atoms with van der Waals surface area (Å²) in [7, 11) is 1.55. The minimum Gasteiger partial charge on any atom is -0.497 e. The molecule has 0 radical (unpaired) electrons. The number of aromatic nitrogens is 2. The Balaban J connectivity index is 1.94. The summed E-state index contributed by atoms with van der Waals surface area (Å²) in [6.45, 7) is 4.74. The van der Waals surface area contributed by atoms with E-state index in [-0.39, 0.29) is 11.8 Å². The van der Waals surface area contributed by atoms with Crippen molar-refractivity contribution in [3.05, 3.63) is 54.2 Å². The van der Waals surface area contributed by atoms with E-state index < -0.39 is 23.9 Å². The van der Waals surface area contributed by atoms with Crippen LogP contribution in [0, 0.1) is 5.92 Å². The summed E-state index contributed by atoms with van der Waals surface area (Å²) >= 11 is 0. The van der Waals surface area contributed by atoms with Crippen LogP contribution in [0.25, 0.3) is 10.9 Å². The molecule has 37 heavy (non-hydrogen) atoms. The molecule has 0 aliphatic rings. The number of benzene rings is 2. The molecule has 0 aliphatic heterocycles. The Bertz CT molecular complexity index is 1210. The number of nitrogens with two attached hydrogens (primary N) is 1. The third-order valence-electron chi connectivity index (χ3n) is 6.44. The number of carbonyl (C=O) groups is 2. The van der Waals surface area contributed by atoms with Crippen molar-refractivity contribution in [2.24, 2.45) is 11.7 Å². The summed E-state index contributed by atoms with van der Waals surface area (Å²) in [4.78, 5) is 24.8. The van der Waals surface area contributed by atoms with Gasteiger partial charge in [0.15, 0.2) is 0 Å². The highest BCUT2D eigenvalue weighted by atomic mass is 19.3. The van der Waals surface area contributed by atoms with Gasteiger partial charge in [0.05, 0.1) is 30.9 Å². The fourth-order valence-corrected chi connectivity index (χ4v) is 4.34. The van der Waals surface area contributed by atoms with Crippen LogP contribution in [0.2, 0.25) is 0 Å². The molecular formula is C27H35F2N5O3. The third-order valence-corrected chi connectivity index (χ3v) is 6.44. The number of nitrogens with zero attached hydrogens (tertiary/aromatic N) is 2. The lowest BCUT2D eigenvalue weighted by atomic mass is 9.99. The SMILES string of the molecule is CC[C@H](CCCN)C(=O)Nc1ccc2c(cnn2C(c2ccc(OC)cc2)[C@H](C)NC(=O)C(C)(F)F)c1. The zero-order valence-electron chi connectivity index (χ0n) is 21.6. The van der Waals surface area contributed by atoms with Crippen LogP contribution in [0.15, 0.2) is 48.7 Å². The number of amides is 2. The average Bonchev–Trinajstić information content (AvgIpc) is 3.27. The van der Waals surface area contributed by atoms with Gasteiger partial charge in [-0.2, -0.15) is 13.9 Å².